The summed E-state index contributed by atoms with van der Waals surface area (Å²) in [5, 5.41) is 10.4. The van der Waals surface area contributed by atoms with Crippen LogP contribution in [0, 0.1) is 0 Å². The van der Waals surface area contributed by atoms with Crippen molar-refractivity contribution in [3.05, 3.63) is 52.2 Å². The highest BCUT2D eigenvalue weighted by Gasteiger charge is 2.14. The van der Waals surface area contributed by atoms with Gasteiger partial charge >= 0.3 is 0 Å². The summed E-state index contributed by atoms with van der Waals surface area (Å²) in [4.78, 5) is 12.9. The molecule has 3 nitrogen and oxygen atoms in total. The molecule has 24 heavy (non-hydrogen) atoms. The number of benzene rings is 2. The van der Waals surface area contributed by atoms with Gasteiger partial charge in [-0.05, 0) is 48.6 Å². The standard InChI is InChI=1S/C20H22O3S/c1-13(2)16-11-14(23-10-6-5-9-21)12-17-19(22)15-7-3-4-8-18(15)24-20(16)17/h3-4,7-8,11-13,21H,5-6,9-10H2,1-2H3. The zero-order chi connectivity index (χ0) is 17.1. The second kappa shape index (κ2) is 7.32. The molecule has 0 amide bonds. The van der Waals surface area contributed by atoms with Crippen molar-refractivity contribution in [1.29, 1.82) is 0 Å². The molecule has 0 bridgehead atoms. The average Bonchev–Trinajstić information content (AvgIpc) is 2.59. The zero-order valence-corrected chi connectivity index (χ0v) is 14.9. The zero-order valence-electron chi connectivity index (χ0n) is 14.0. The first-order chi connectivity index (χ1) is 11.6. The number of unbranched alkanes of at least 4 members (excludes halogenated alkanes) is 1. The van der Waals surface area contributed by atoms with E-state index in [4.69, 9.17) is 9.84 Å². The highest BCUT2D eigenvalue weighted by atomic mass is 32.1. The Morgan fingerprint density at radius 3 is 2.67 bits per heavy atom. The van der Waals surface area contributed by atoms with Gasteiger partial charge < -0.3 is 9.84 Å². The minimum absolute atomic E-state index is 0.0714. The Labute approximate surface area is 145 Å². The molecule has 0 saturated heterocycles. The van der Waals surface area contributed by atoms with Gasteiger partial charge in [-0.3, -0.25) is 4.79 Å². The Morgan fingerprint density at radius 1 is 1.12 bits per heavy atom. The van der Waals surface area contributed by atoms with Crippen molar-refractivity contribution in [2.75, 3.05) is 13.2 Å². The van der Waals surface area contributed by atoms with Crippen molar-refractivity contribution in [3.63, 3.8) is 0 Å². The van der Waals surface area contributed by atoms with Crippen LogP contribution in [-0.4, -0.2) is 18.3 Å². The molecule has 1 N–H and O–H groups in total. The number of aliphatic hydroxyl groups excluding tert-OH is 1. The van der Waals surface area contributed by atoms with Crippen LogP contribution in [0.3, 0.4) is 0 Å². The molecule has 0 fully saturated rings. The summed E-state index contributed by atoms with van der Waals surface area (Å²) in [6.45, 7) is 5.00. The van der Waals surface area contributed by atoms with Gasteiger partial charge in [-0.15, -0.1) is 11.3 Å². The Hall–Kier alpha value is -1.91. The first kappa shape index (κ1) is 16.9. The molecule has 0 spiro atoms. The van der Waals surface area contributed by atoms with E-state index in [0.29, 0.717) is 12.5 Å². The van der Waals surface area contributed by atoms with Crippen LogP contribution in [0.25, 0.3) is 20.2 Å². The third kappa shape index (κ3) is 3.30. The van der Waals surface area contributed by atoms with E-state index >= 15 is 0 Å². The number of aliphatic hydroxyl groups is 1. The van der Waals surface area contributed by atoms with Crippen LogP contribution in [-0.2, 0) is 0 Å². The van der Waals surface area contributed by atoms with Gasteiger partial charge in [0.05, 0.1) is 6.61 Å². The summed E-state index contributed by atoms with van der Waals surface area (Å²) in [5.41, 5.74) is 1.22. The summed E-state index contributed by atoms with van der Waals surface area (Å²) in [7, 11) is 0. The summed E-state index contributed by atoms with van der Waals surface area (Å²) >= 11 is 1.67. The van der Waals surface area contributed by atoms with Gasteiger partial charge in [-0.2, -0.15) is 0 Å². The normalized spacial score (nSPS) is 11.5. The lowest BCUT2D eigenvalue weighted by molar-refractivity contribution is 0.253. The highest BCUT2D eigenvalue weighted by molar-refractivity contribution is 7.24. The van der Waals surface area contributed by atoms with Gasteiger partial charge in [0.15, 0.2) is 5.43 Å². The SMILES string of the molecule is CC(C)c1cc(OCCCCO)cc2c(=O)c3ccccc3sc12. The number of ether oxygens (including phenoxy) is 1. The molecule has 3 rings (SSSR count). The summed E-state index contributed by atoms with van der Waals surface area (Å²) in [6, 6.07) is 11.7. The highest BCUT2D eigenvalue weighted by Crippen LogP contribution is 2.34. The molecule has 0 unspecified atom stereocenters. The second-order valence-corrected chi connectivity index (χ2v) is 7.30. The van der Waals surface area contributed by atoms with Crippen LogP contribution >= 0.6 is 11.3 Å². The molecule has 2 aromatic carbocycles. The van der Waals surface area contributed by atoms with E-state index in [1.807, 2.05) is 30.3 Å². The molecule has 1 heterocycles. The van der Waals surface area contributed by atoms with Gasteiger partial charge in [0, 0.05) is 26.8 Å². The molecule has 4 heteroatoms. The van der Waals surface area contributed by atoms with Crippen LogP contribution in [0.5, 0.6) is 5.75 Å². The van der Waals surface area contributed by atoms with E-state index < -0.39 is 0 Å². The van der Waals surface area contributed by atoms with Gasteiger partial charge in [0.2, 0.25) is 0 Å². The van der Waals surface area contributed by atoms with Gasteiger partial charge in [-0.25, -0.2) is 0 Å². The van der Waals surface area contributed by atoms with Crippen LogP contribution in [0.1, 0.15) is 38.2 Å². The smallest absolute Gasteiger partial charge is 0.196 e. The number of fused-ring (bicyclic) bond motifs is 2. The van der Waals surface area contributed by atoms with Crippen molar-refractivity contribution < 1.29 is 9.84 Å². The van der Waals surface area contributed by atoms with Crippen LogP contribution in [0.2, 0.25) is 0 Å². The number of hydrogen-bond donors (Lipinski definition) is 1. The topological polar surface area (TPSA) is 46.5 Å². The lowest BCUT2D eigenvalue weighted by Crippen LogP contribution is -2.05. The Balaban J connectivity index is 2.14. The maximum atomic E-state index is 12.9. The van der Waals surface area contributed by atoms with E-state index in [1.54, 1.807) is 11.3 Å². The maximum absolute atomic E-state index is 12.9. The van der Waals surface area contributed by atoms with E-state index in [9.17, 15) is 4.79 Å². The average molecular weight is 342 g/mol. The third-order valence-electron chi connectivity index (χ3n) is 4.12. The Morgan fingerprint density at radius 2 is 1.92 bits per heavy atom. The minimum Gasteiger partial charge on any atom is -0.494 e. The number of hydrogen-bond acceptors (Lipinski definition) is 4. The molecular weight excluding hydrogens is 320 g/mol. The monoisotopic (exact) mass is 342 g/mol. The predicted molar refractivity (Wildman–Crippen MR) is 102 cm³/mol. The first-order valence-electron chi connectivity index (χ1n) is 8.35. The molecule has 0 aliphatic heterocycles. The molecular formula is C20H22O3S. The Bertz CT molecular complexity index is 912. The van der Waals surface area contributed by atoms with E-state index in [-0.39, 0.29) is 12.0 Å². The summed E-state index contributed by atoms with van der Waals surface area (Å²) < 4.78 is 7.90. The fourth-order valence-corrected chi connectivity index (χ4v) is 4.13. The quantitative estimate of drug-likeness (QED) is 0.522. The van der Waals surface area contributed by atoms with E-state index in [2.05, 4.69) is 19.9 Å². The van der Waals surface area contributed by atoms with Crippen LogP contribution in [0.15, 0.2) is 41.2 Å². The van der Waals surface area contributed by atoms with Crippen LogP contribution in [0.4, 0.5) is 0 Å². The Kier molecular flexibility index (Phi) is 5.17. The molecule has 126 valence electrons. The largest absolute Gasteiger partial charge is 0.494 e. The molecule has 1 aromatic heterocycles. The summed E-state index contributed by atoms with van der Waals surface area (Å²) in [6.07, 6.45) is 1.53. The molecule has 0 atom stereocenters. The molecule has 3 aromatic rings. The van der Waals surface area contributed by atoms with Crippen molar-refractivity contribution in [3.8, 4) is 5.75 Å². The first-order valence-corrected chi connectivity index (χ1v) is 9.16. The van der Waals surface area contributed by atoms with Crippen LogP contribution < -0.4 is 10.2 Å². The fraction of sp³-hybridized carbons (Fsp3) is 0.350. The lowest BCUT2D eigenvalue weighted by Gasteiger charge is -2.14. The summed E-state index contributed by atoms with van der Waals surface area (Å²) in [5.74, 6) is 1.05. The number of rotatable bonds is 6. The van der Waals surface area contributed by atoms with Crippen molar-refractivity contribution in [2.24, 2.45) is 0 Å². The third-order valence-corrected chi connectivity index (χ3v) is 5.36. The predicted octanol–water partition coefficient (Wildman–Crippen LogP) is 4.69. The molecule has 0 saturated carbocycles. The molecule has 0 aliphatic rings. The fourth-order valence-electron chi connectivity index (χ4n) is 2.82. The molecule has 0 radical (unpaired) electrons. The molecule has 0 aliphatic carbocycles. The lowest BCUT2D eigenvalue weighted by atomic mass is 10.0. The van der Waals surface area contributed by atoms with E-state index in [0.717, 1.165) is 44.3 Å². The van der Waals surface area contributed by atoms with Gasteiger partial charge in [-0.1, -0.05) is 26.0 Å². The van der Waals surface area contributed by atoms with Crippen molar-refractivity contribution in [2.45, 2.75) is 32.6 Å². The maximum Gasteiger partial charge on any atom is 0.196 e. The van der Waals surface area contributed by atoms with Gasteiger partial charge in [0.25, 0.3) is 0 Å². The van der Waals surface area contributed by atoms with Crippen molar-refractivity contribution in [1.82, 2.24) is 0 Å². The van der Waals surface area contributed by atoms with E-state index in [1.165, 1.54) is 0 Å². The minimum atomic E-state index is 0.0714. The second-order valence-electron chi connectivity index (χ2n) is 6.25. The van der Waals surface area contributed by atoms with Crippen molar-refractivity contribution >= 4 is 31.5 Å². The van der Waals surface area contributed by atoms with Gasteiger partial charge in [0.1, 0.15) is 5.75 Å².